The molecule has 0 radical (unpaired) electrons. The van der Waals surface area contributed by atoms with Crippen molar-refractivity contribution in [2.24, 2.45) is 0 Å². The highest BCUT2D eigenvalue weighted by molar-refractivity contribution is 5.58. The first-order chi connectivity index (χ1) is 20.7. The summed E-state index contributed by atoms with van der Waals surface area (Å²) in [6.07, 6.45) is 17.8. The molecule has 0 aliphatic rings. The lowest BCUT2D eigenvalue weighted by molar-refractivity contribution is 0.415. The molecule has 4 aromatic heterocycles. The zero-order valence-electron chi connectivity index (χ0n) is 24.6. The van der Waals surface area contributed by atoms with E-state index in [0.717, 1.165) is 66.4 Å². The predicted octanol–water partition coefficient (Wildman–Crippen LogP) is 3.82. The summed E-state index contributed by atoms with van der Waals surface area (Å²) >= 11 is 0. The quantitative estimate of drug-likeness (QED) is 0.144. The Labute approximate surface area is 245 Å². The molecule has 13 heteroatoms. The fraction of sp³-hybridized carbons (Fsp3) is 0.517. The Morgan fingerprint density at radius 1 is 0.548 bits per heavy atom. The molecule has 5 rings (SSSR count). The number of unbranched alkanes of at least 4 members (excludes halogenated alkanes) is 5. The average molecular weight is 573 g/mol. The van der Waals surface area contributed by atoms with Crippen LogP contribution in [0.5, 0.6) is 5.75 Å². The predicted molar refractivity (Wildman–Crippen MR) is 157 cm³/mol. The summed E-state index contributed by atoms with van der Waals surface area (Å²) in [4.78, 5) is 0. The number of ether oxygens (including phenoxy) is 1. The van der Waals surface area contributed by atoms with Gasteiger partial charge in [0.15, 0.2) is 0 Å². The second-order valence-electron chi connectivity index (χ2n) is 10.5. The van der Waals surface area contributed by atoms with Crippen LogP contribution in [0.4, 0.5) is 0 Å². The van der Waals surface area contributed by atoms with Crippen LogP contribution in [0.1, 0.15) is 62.5 Å². The topological polar surface area (TPSA) is 132 Å². The molecule has 0 saturated carbocycles. The molecule has 4 heterocycles. The third kappa shape index (κ3) is 8.54. The highest BCUT2D eigenvalue weighted by Gasteiger charge is 2.08. The van der Waals surface area contributed by atoms with Gasteiger partial charge in [-0.05, 0) is 30.7 Å². The molecule has 0 atom stereocenters. The highest BCUT2D eigenvalue weighted by atomic mass is 16.5. The number of nitrogens with zero attached hydrogens (tertiary/aromatic N) is 12. The molecule has 0 bridgehead atoms. The molecule has 5 aromatic rings. The number of aryl methyl sites for hydroxylation is 7. The van der Waals surface area contributed by atoms with Gasteiger partial charge in [-0.1, -0.05) is 59.9 Å². The maximum absolute atomic E-state index is 5.22. The van der Waals surface area contributed by atoms with Crippen LogP contribution < -0.4 is 4.74 Å². The van der Waals surface area contributed by atoms with Crippen LogP contribution in [0.2, 0.25) is 0 Å². The Morgan fingerprint density at radius 2 is 1.02 bits per heavy atom. The first-order valence-electron chi connectivity index (χ1n) is 14.9. The van der Waals surface area contributed by atoms with Crippen molar-refractivity contribution in [1.29, 1.82) is 0 Å². The van der Waals surface area contributed by atoms with Gasteiger partial charge in [-0.3, -0.25) is 18.7 Å². The van der Waals surface area contributed by atoms with Crippen LogP contribution in [0.25, 0.3) is 11.3 Å². The van der Waals surface area contributed by atoms with Crippen molar-refractivity contribution in [3.05, 3.63) is 66.1 Å². The number of hydrogen-bond acceptors (Lipinski definition) is 9. The van der Waals surface area contributed by atoms with Crippen LogP contribution >= 0.6 is 0 Å². The Bertz CT molecular complexity index is 1480. The molecule has 1 aromatic carbocycles. The van der Waals surface area contributed by atoms with E-state index in [1.807, 2.05) is 61.6 Å². The minimum absolute atomic E-state index is 0.670. The van der Waals surface area contributed by atoms with Gasteiger partial charge < -0.3 is 4.74 Å². The van der Waals surface area contributed by atoms with Crippen molar-refractivity contribution in [3.63, 3.8) is 0 Å². The summed E-state index contributed by atoms with van der Waals surface area (Å²) in [5, 5.41) is 34.3. The summed E-state index contributed by atoms with van der Waals surface area (Å²) in [6.45, 7) is 5.25. The van der Waals surface area contributed by atoms with Gasteiger partial charge >= 0.3 is 0 Å². The maximum atomic E-state index is 5.22. The second-order valence-corrected chi connectivity index (χ2v) is 10.5. The van der Waals surface area contributed by atoms with E-state index < -0.39 is 0 Å². The Kier molecular flexibility index (Phi) is 10.4. The normalized spacial score (nSPS) is 11.4. The minimum Gasteiger partial charge on any atom is -0.497 e. The van der Waals surface area contributed by atoms with E-state index in [2.05, 4.69) is 54.4 Å². The zero-order valence-corrected chi connectivity index (χ0v) is 24.6. The van der Waals surface area contributed by atoms with Crippen molar-refractivity contribution < 1.29 is 4.74 Å². The fourth-order valence-electron chi connectivity index (χ4n) is 4.73. The third-order valence-corrected chi connectivity index (χ3v) is 7.21. The standard InChI is InChI=1S/C29H40N12O/c1-3-4-5-6-7-8-16-38-20-25(30-34-38)13-17-39-21-26(31-35-39)14-18-40-22-27(32-36-40)15-19-41-23-29(33-37-41)24-9-11-28(42-2)12-10-24/h9-12,20-23H,3-8,13-19H2,1-2H3. The van der Waals surface area contributed by atoms with Gasteiger partial charge in [-0.2, -0.15) is 0 Å². The number of methoxy groups -OCH3 is 1. The average Bonchev–Trinajstić information content (AvgIpc) is 3.84. The first-order valence-corrected chi connectivity index (χ1v) is 14.9. The van der Waals surface area contributed by atoms with Crippen molar-refractivity contribution >= 4 is 0 Å². The van der Waals surface area contributed by atoms with Gasteiger partial charge in [-0.15, -0.1) is 20.4 Å². The molecule has 42 heavy (non-hydrogen) atoms. The molecular weight excluding hydrogens is 532 g/mol. The summed E-state index contributed by atoms with van der Waals surface area (Å²) in [5.74, 6) is 0.814. The number of benzene rings is 1. The minimum atomic E-state index is 0.670. The van der Waals surface area contributed by atoms with Crippen molar-refractivity contribution in [2.75, 3.05) is 7.11 Å². The number of aromatic nitrogens is 12. The maximum Gasteiger partial charge on any atom is 0.118 e. The van der Waals surface area contributed by atoms with E-state index in [1.54, 1.807) is 7.11 Å². The van der Waals surface area contributed by atoms with E-state index in [0.29, 0.717) is 19.5 Å². The highest BCUT2D eigenvalue weighted by Crippen LogP contribution is 2.20. The number of rotatable bonds is 18. The fourth-order valence-corrected chi connectivity index (χ4v) is 4.73. The molecule has 0 fully saturated rings. The van der Waals surface area contributed by atoms with Crippen LogP contribution in [-0.4, -0.2) is 67.1 Å². The molecule has 0 amide bonds. The lowest BCUT2D eigenvalue weighted by Gasteiger charge is -2.00. The summed E-state index contributed by atoms with van der Waals surface area (Å²) in [7, 11) is 1.65. The van der Waals surface area contributed by atoms with Crippen LogP contribution in [-0.2, 0) is 45.4 Å². The van der Waals surface area contributed by atoms with Crippen LogP contribution in [0.3, 0.4) is 0 Å². The number of hydrogen-bond donors (Lipinski definition) is 0. The molecule has 0 spiro atoms. The van der Waals surface area contributed by atoms with Gasteiger partial charge in [0.2, 0.25) is 0 Å². The van der Waals surface area contributed by atoms with E-state index in [9.17, 15) is 0 Å². The Hall–Kier alpha value is -4.42. The lowest BCUT2D eigenvalue weighted by Crippen LogP contribution is -2.03. The lowest BCUT2D eigenvalue weighted by atomic mass is 10.1. The monoisotopic (exact) mass is 572 g/mol. The van der Waals surface area contributed by atoms with Gasteiger partial charge in [-0.25, -0.2) is 0 Å². The van der Waals surface area contributed by atoms with E-state index in [1.165, 1.54) is 32.1 Å². The molecule has 0 unspecified atom stereocenters. The van der Waals surface area contributed by atoms with Gasteiger partial charge in [0.05, 0.1) is 30.4 Å². The SMILES string of the molecule is CCCCCCCCn1cc(CCn2cc(CCn3cc(CCn4cc(-c5ccc(OC)cc5)nn4)nn3)nn2)nn1. The van der Waals surface area contributed by atoms with Crippen LogP contribution in [0.15, 0.2) is 49.1 Å². The van der Waals surface area contributed by atoms with E-state index in [4.69, 9.17) is 4.74 Å². The molecule has 13 nitrogen and oxygen atoms in total. The third-order valence-electron chi connectivity index (χ3n) is 7.21. The van der Waals surface area contributed by atoms with Gasteiger partial charge in [0, 0.05) is 69.6 Å². The van der Waals surface area contributed by atoms with Gasteiger partial charge in [0.25, 0.3) is 0 Å². The molecule has 222 valence electrons. The van der Waals surface area contributed by atoms with Crippen molar-refractivity contribution in [2.45, 2.75) is 90.9 Å². The molecule has 0 N–H and O–H groups in total. The molecule has 0 aliphatic heterocycles. The first kappa shape index (κ1) is 29.1. The van der Waals surface area contributed by atoms with Crippen LogP contribution in [0, 0.1) is 0 Å². The second kappa shape index (κ2) is 15.0. The Morgan fingerprint density at radius 3 is 1.57 bits per heavy atom. The molecule has 0 saturated heterocycles. The summed E-state index contributed by atoms with van der Waals surface area (Å²) < 4.78 is 12.7. The molecular formula is C29H40N12O. The summed E-state index contributed by atoms with van der Waals surface area (Å²) in [6, 6.07) is 7.78. The zero-order chi connectivity index (χ0) is 29.0. The largest absolute Gasteiger partial charge is 0.497 e. The molecule has 0 aliphatic carbocycles. The smallest absolute Gasteiger partial charge is 0.118 e. The van der Waals surface area contributed by atoms with Crippen molar-refractivity contribution in [3.8, 4) is 17.0 Å². The summed E-state index contributed by atoms with van der Waals surface area (Å²) in [5.41, 5.74) is 4.63. The van der Waals surface area contributed by atoms with E-state index in [-0.39, 0.29) is 0 Å². The van der Waals surface area contributed by atoms with E-state index >= 15 is 0 Å². The van der Waals surface area contributed by atoms with Crippen molar-refractivity contribution in [1.82, 2.24) is 60.0 Å². The van der Waals surface area contributed by atoms with Gasteiger partial charge in [0.1, 0.15) is 11.4 Å². The Balaban J connectivity index is 1.01.